The van der Waals surface area contributed by atoms with Crippen molar-refractivity contribution < 1.29 is 5.11 Å². The molecule has 2 N–H and O–H groups in total. The Morgan fingerprint density at radius 3 is 2.41 bits per heavy atom. The smallest absolute Gasteiger partial charge is 0.253 e. The number of aryl methyl sites for hydroxylation is 1. The van der Waals surface area contributed by atoms with E-state index in [1.54, 1.807) is 19.2 Å². The first-order valence-corrected chi connectivity index (χ1v) is 11.9. The van der Waals surface area contributed by atoms with Crippen molar-refractivity contribution in [2.75, 3.05) is 11.9 Å². The number of hydrogen-bond donors (Lipinski definition) is 2. The van der Waals surface area contributed by atoms with Crippen LogP contribution in [0.25, 0.3) is 22.5 Å². The molecule has 2 aromatic heterocycles. The van der Waals surface area contributed by atoms with Crippen LogP contribution < -0.4 is 15.8 Å². The molecular weight excluding hydrogens is 428 g/mol. The Bertz CT molecular complexity index is 1260. The molecule has 0 saturated carbocycles. The molecule has 3 atom stereocenters. The predicted molar refractivity (Wildman–Crippen MR) is 133 cm³/mol. The van der Waals surface area contributed by atoms with Crippen LogP contribution in [-0.2, 0) is 7.05 Å². The maximum Gasteiger partial charge on any atom is 0.253 e. The van der Waals surface area contributed by atoms with Gasteiger partial charge in [-0.3, -0.25) is 4.79 Å². The van der Waals surface area contributed by atoms with Gasteiger partial charge in [-0.05, 0) is 70.2 Å². The summed E-state index contributed by atoms with van der Waals surface area (Å²) < 4.78 is 1.41. The zero-order valence-electron chi connectivity index (χ0n) is 20.2. The third-order valence-electron chi connectivity index (χ3n) is 7.54. The summed E-state index contributed by atoms with van der Waals surface area (Å²) in [6.45, 7) is 4.68. The van der Waals surface area contributed by atoms with E-state index in [1.807, 2.05) is 18.2 Å². The number of phenolic OH excluding ortho intramolecular Hbond substituents is 1. The van der Waals surface area contributed by atoms with Crippen LogP contribution in [0.1, 0.15) is 46.0 Å². The van der Waals surface area contributed by atoms with Crippen LogP contribution >= 0.6 is 0 Å². The molecule has 3 aromatic rings. The average Bonchev–Trinajstić information content (AvgIpc) is 2.79. The zero-order valence-corrected chi connectivity index (χ0v) is 20.2. The molecule has 1 aromatic carbocycles. The molecule has 5 rings (SSSR count). The molecule has 2 aliphatic heterocycles. The second-order valence-corrected chi connectivity index (χ2v) is 10.5. The minimum Gasteiger partial charge on any atom is -0.507 e. The second-order valence-electron chi connectivity index (χ2n) is 10.5. The van der Waals surface area contributed by atoms with Crippen LogP contribution in [0.5, 0.6) is 5.75 Å². The van der Waals surface area contributed by atoms with Crippen molar-refractivity contribution in [1.29, 1.82) is 0 Å². The average molecular weight is 461 g/mol. The number of rotatable bonds is 4. The van der Waals surface area contributed by atoms with E-state index in [4.69, 9.17) is 0 Å². The summed E-state index contributed by atoms with van der Waals surface area (Å²) in [5.74, 6) is 0.906. The van der Waals surface area contributed by atoms with Gasteiger partial charge in [0.05, 0.1) is 17.7 Å². The summed E-state index contributed by atoms with van der Waals surface area (Å²) in [5, 5.41) is 23.5. The van der Waals surface area contributed by atoms with E-state index < -0.39 is 0 Å². The Morgan fingerprint density at radius 2 is 1.79 bits per heavy atom. The lowest BCUT2D eigenvalue weighted by atomic mass is 9.69. The number of aromatic hydroxyl groups is 1. The molecule has 0 radical (unpaired) electrons. The Hall–Kier alpha value is -3.26. The van der Waals surface area contributed by atoms with Crippen molar-refractivity contribution in [2.45, 2.75) is 63.1 Å². The van der Waals surface area contributed by atoms with E-state index in [0.29, 0.717) is 28.6 Å². The highest BCUT2D eigenvalue weighted by molar-refractivity contribution is 5.73. The first-order chi connectivity index (χ1) is 16.1. The molecule has 178 valence electrons. The second kappa shape index (κ2) is 8.20. The quantitative estimate of drug-likeness (QED) is 0.615. The standard InChI is InChI=1S/C26H32N6O2/c1-25-10-5-11-26(2,30-25)15-18(14-25)32(4)23-9-8-20(28-29-23)19-7-6-17(12-22(19)33)21-13-24(34)31(3)16-27-21/h6-9,12-13,16,18,30,33H,5,10-11,14-15H2,1-4H3/t18?,25-,26+. The first-order valence-electron chi connectivity index (χ1n) is 11.9. The Labute approximate surface area is 199 Å². The molecule has 2 fully saturated rings. The third kappa shape index (κ3) is 4.18. The number of nitrogens with one attached hydrogen (secondary N) is 1. The van der Waals surface area contributed by atoms with E-state index in [0.717, 1.165) is 18.7 Å². The van der Waals surface area contributed by atoms with Gasteiger partial charge in [-0.1, -0.05) is 6.07 Å². The largest absolute Gasteiger partial charge is 0.507 e. The Morgan fingerprint density at radius 1 is 1.06 bits per heavy atom. The minimum absolute atomic E-state index is 0.0717. The number of aromatic nitrogens is 4. The van der Waals surface area contributed by atoms with Gasteiger partial charge in [-0.15, -0.1) is 10.2 Å². The maximum atomic E-state index is 11.9. The summed E-state index contributed by atoms with van der Waals surface area (Å²) in [6, 6.07) is 10.9. The molecule has 34 heavy (non-hydrogen) atoms. The number of fused-ring (bicyclic) bond motifs is 2. The van der Waals surface area contributed by atoms with Gasteiger partial charge in [0, 0.05) is 48.4 Å². The highest BCUT2D eigenvalue weighted by atomic mass is 16.3. The van der Waals surface area contributed by atoms with E-state index in [9.17, 15) is 9.90 Å². The molecule has 2 saturated heterocycles. The molecule has 0 aliphatic carbocycles. The Kier molecular flexibility index (Phi) is 5.43. The van der Waals surface area contributed by atoms with Gasteiger partial charge in [-0.25, -0.2) is 4.98 Å². The molecule has 1 unspecified atom stereocenters. The molecule has 4 heterocycles. The fourth-order valence-corrected chi connectivity index (χ4v) is 5.79. The van der Waals surface area contributed by atoms with Gasteiger partial charge in [0.15, 0.2) is 5.82 Å². The minimum atomic E-state index is -0.153. The van der Waals surface area contributed by atoms with Gasteiger partial charge in [0.25, 0.3) is 5.56 Å². The van der Waals surface area contributed by atoms with Crippen LogP contribution in [0.4, 0.5) is 5.82 Å². The molecule has 2 bridgehead atoms. The summed E-state index contributed by atoms with van der Waals surface area (Å²) in [6.07, 6.45) is 7.34. The third-order valence-corrected chi connectivity index (χ3v) is 7.54. The van der Waals surface area contributed by atoms with Gasteiger partial charge < -0.3 is 19.9 Å². The van der Waals surface area contributed by atoms with Crippen LogP contribution in [0.15, 0.2) is 47.5 Å². The van der Waals surface area contributed by atoms with Gasteiger partial charge in [0.1, 0.15) is 5.75 Å². The predicted octanol–water partition coefficient (Wildman–Crippen LogP) is 3.50. The molecule has 8 nitrogen and oxygen atoms in total. The van der Waals surface area contributed by atoms with Crippen molar-refractivity contribution in [3.05, 3.63) is 53.1 Å². The number of nitrogens with zero attached hydrogens (tertiary/aromatic N) is 5. The van der Waals surface area contributed by atoms with Gasteiger partial charge >= 0.3 is 0 Å². The molecule has 0 spiro atoms. The topological polar surface area (TPSA) is 96.2 Å². The number of anilines is 1. The van der Waals surface area contributed by atoms with Crippen LogP contribution in [-0.4, -0.2) is 49.0 Å². The number of hydrogen-bond acceptors (Lipinski definition) is 7. The monoisotopic (exact) mass is 460 g/mol. The molecular formula is C26H32N6O2. The van der Waals surface area contributed by atoms with Crippen LogP contribution in [0, 0.1) is 0 Å². The lowest BCUT2D eigenvalue weighted by Gasteiger charge is -2.55. The van der Waals surface area contributed by atoms with Gasteiger partial charge in [-0.2, -0.15) is 0 Å². The van der Waals surface area contributed by atoms with E-state index in [-0.39, 0.29) is 22.4 Å². The number of phenols is 1. The van der Waals surface area contributed by atoms with Crippen LogP contribution in [0.3, 0.4) is 0 Å². The van der Waals surface area contributed by atoms with E-state index >= 15 is 0 Å². The molecule has 8 heteroatoms. The lowest BCUT2D eigenvalue weighted by Crippen LogP contribution is -2.66. The van der Waals surface area contributed by atoms with E-state index in [1.165, 1.54) is 36.2 Å². The van der Waals surface area contributed by atoms with Gasteiger partial charge in [0.2, 0.25) is 0 Å². The lowest BCUT2D eigenvalue weighted by molar-refractivity contribution is 0.0784. The maximum absolute atomic E-state index is 11.9. The van der Waals surface area contributed by atoms with Crippen molar-refractivity contribution in [2.24, 2.45) is 7.05 Å². The summed E-state index contributed by atoms with van der Waals surface area (Å²) in [7, 11) is 3.75. The highest BCUT2D eigenvalue weighted by Crippen LogP contribution is 2.42. The number of piperidine rings is 2. The summed E-state index contributed by atoms with van der Waals surface area (Å²) in [5.41, 5.74) is 2.56. The normalized spacial score (nSPS) is 26.3. The summed E-state index contributed by atoms with van der Waals surface area (Å²) in [4.78, 5) is 18.4. The van der Waals surface area contributed by atoms with Crippen molar-refractivity contribution in [3.63, 3.8) is 0 Å². The van der Waals surface area contributed by atoms with Crippen molar-refractivity contribution in [1.82, 2.24) is 25.1 Å². The number of benzene rings is 1. The zero-order chi connectivity index (χ0) is 24.1. The van der Waals surface area contributed by atoms with Crippen molar-refractivity contribution in [3.8, 4) is 28.3 Å². The van der Waals surface area contributed by atoms with Crippen molar-refractivity contribution >= 4 is 5.82 Å². The Balaban J connectivity index is 1.36. The highest BCUT2D eigenvalue weighted by Gasteiger charge is 2.46. The fourth-order valence-electron chi connectivity index (χ4n) is 5.79. The van der Waals surface area contributed by atoms with E-state index in [2.05, 4.69) is 46.3 Å². The SMILES string of the molecule is CN(c1ccc(-c2ccc(-c3cc(=O)n(C)cn3)cc2O)nn1)C1C[C@]2(C)CCC[C@](C)(C1)N2. The molecule has 0 amide bonds. The van der Waals surface area contributed by atoms with Crippen LogP contribution in [0.2, 0.25) is 0 Å². The summed E-state index contributed by atoms with van der Waals surface area (Å²) >= 11 is 0. The fraction of sp³-hybridized carbons (Fsp3) is 0.462. The molecule has 2 aliphatic rings. The first kappa shape index (κ1) is 22.5.